The number of benzene rings is 1. The third-order valence-electron chi connectivity index (χ3n) is 3.48. The third kappa shape index (κ3) is 1.93. The fourth-order valence-electron chi connectivity index (χ4n) is 2.50. The van der Waals surface area contributed by atoms with E-state index in [1.807, 2.05) is 10.6 Å². The number of aromatic nitrogens is 2. The van der Waals surface area contributed by atoms with Crippen molar-refractivity contribution in [2.75, 3.05) is 0 Å². The van der Waals surface area contributed by atoms with Crippen molar-refractivity contribution in [1.29, 1.82) is 0 Å². The Morgan fingerprint density at radius 3 is 3.06 bits per heavy atom. The van der Waals surface area contributed by atoms with E-state index in [-0.39, 0.29) is 5.82 Å². The number of rotatable bonds is 2. The van der Waals surface area contributed by atoms with Crippen LogP contribution in [-0.2, 0) is 13.0 Å². The molecule has 94 valence electrons. The van der Waals surface area contributed by atoms with Crippen LogP contribution in [0.5, 0.6) is 0 Å². The normalized spacial score (nSPS) is 18.7. The SMILES string of the molecule is OC1CCCn2c1cnc2Cc1ccccc1F. The molecule has 1 unspecified atom stereocenters. The molecule has 1 aromatic carbocycles. The second kappa shape index (κ2) is 4.53. The van der Waals surface area contributed by atoms with E-state index in [0.29, 0.717) is 12.0 Å². The van der Waals surface area contributed by atoms with Crippen molar-refractivity contribution in [2.24, 2.45) is 0 Å². The van der Waals surface area contributed by atoms with Crippen LogP contribution in [0.1, 0.15) is 36.0 Å². The largest absolute Gasteiger partial charge is 0.387 e. The van der Waals surface area contributed by atoms with Gasteiger partial charge >= 0.3 is 0 Å². The van der Waals surface area contributed by atoms with Gasteiger partial charge in [-0.25, -0.2) is 9.37 Å². The van der Waals surface area contributed by atoms with Gasteiger partial charge in [0.1, 0.15) is 11.6 Å². The molecule has 1 atom stereocenters. The van der Waals surface area contributed by atoms with Gasteiger partial charge in [0.2, 0.25) is 0 Å². The fourth-order valence-corrected chi connectivity index (χ4v) is 2.50. The lowest BCUT2D eigenvalue weighted by Gasteiger charge is -2.21. The molecular weight excluding hydrogens is 231 g/mol. The van der Waals surface area contributed by atoms with E-state index >= 15 is 0 Å². The summed E-state index contributed by atoms with van der Waals surface area (Å²) in [6.45, 7) is 0.857. The molecule has 3 rings (SSSR count). The quantitative estimate of drug-likeness (QED) is 0.883. The van der Waals surface area contributed by atoms with Crippen LogP contribution in [0.4, 0.5) is 4.39 Å². The van der Waals surface area contributed by atoms with Gasteiger partial charge < -0.3 is 9.67 Å². The van der Waals surface area contributed by atoms with Gasteiger partial charge in [-0.3, -0.25) is 0 Å². The molecule has 0 bridgehead atoms. The van der Waals surface area contributed by atoms with E-state index in [9.17, 15) is 9.50 Å². The fraction of sp³-hybridized carbons (Fsp3) is 0.357. The first-order valence-electron chi connectivity index (χ1n) is 6.21. The lowest BCUT2D eigenvalue weighted by atomic mass is 10.1. The molecule has 0 saturated heterocycles. The van der Waals surface area contributed by atoms with Crippen molar-refractivity contribution in [2.45, 2.75) is 31.9 Å². The minimum atomic E-state index is -0.430. The molecule has 2 aromatic rings. The Kier molecular flexibility index (Phi) is 2.88. The second-order valence-electron chi connectivity index (χ2n) is 4.68. The Morgan fingerprint density at radius 2 is 2.22 bits per heavy atom. The summed E-state index contributed by atoms with van der Waals surface area (Å²) in [7, 11) is 0. The van der Waals surface area contributed by atoms with Crippen LogP contribution >= 0.6 is 0 Å². The van der Waals surface area contributed by atoms with Gasteiger partial charge in [0.15, 0.2) is 0 Å². The number of nitrogens with zero attached hydrogens (tertiary/aromatic N) is 2. The van der Waals surface area contributed by atoms with E-state index in [1.165, 1.54) is 6.07 Å². The summed E-state index contributed by atoms with van der Waals surface area (Å²) in [4.78, 5) is 4.32. The van der Waals surface area contributed by atoms with E-state index in [0.717, 1.165) is 30.9 Å². The maximum absolute atomic E-state index is 13.6. The van der Waals surface area contributed by atoms with Crippen LogP contribution in [0.3, 0.4) is 0 Å². The molecule has 0 fully saturated rings. The van der Waals surface area contributed by atoms with Crippen LogP contribution in [0, 0.1) is 5.82 Å². The highest BCUT2D eigenvalue weighted by atomic mass is 19.1. The minimum Gasteiger partial charge on any atom is -0.387 e. The molecule has 1 aromatic heterocycles. The van der Waals surface area contributed by atoms with Crippen LogP contribution in [0.25, 0.3) is 0 Å². The summed E-state index contributed by atoms with van der Waals surface area (Å²) in [5, 5.41) is 9.86. The lowest BCUT2D eigenvalue weighted by Crippen LogP contribution is -2.17. The summed E-state index contributed by atoms with van der Waals surface area (Å²) in [6, 6.07) is 6.75. The van der Waals surface area contributed by atoms with Gasteiger partial charge in [-0.1, -0.05) is 18.2 Å². The zero-order valence-electron chi connectivity index (χ0n) is 10.0. The Labute approximate surface area is 105 Å². The van der Waals surface area contributed by atoms with Gasteiger partial charge in [0.05, 0.1) is 18.0 Å². The van der Waals surface area contributed by atoms with E-state index in [2.05, 4.69) is 4.98 Å². The zero-order chi connectivity index (χ0) is 12.5. The molecule has 1 aliphatic rings. The predicted octanol–water partition coefficient (Wildman–Crippen LogP) is 2.44. The van der Waals surface area contributed by atoms with Crippen molar-refractivity contribution in [1.82, 2.24) is 9.55 Å². The Bertz CT molecular complexity index is 565. The Hall–Kier alpha value is -1.68. The second-order valence-corrected chi connectivity index (χ2v) is 4.68. The number of halogens is 1. The number of aliphatic hydroxyl groups is 1. The summed E-state index contributed by atoms with van der Waals surface area (Å²) >= 11 is 0. The highest BCUT2D eigenvalue weighted by molar-refractivity contribution is 5.23. The lowest BCUT2D eigenvalue weighted by molar-refractivity contribution is 0.138. The number of imidazole rings is 1. The van der Waals surface area contributed by atoms with Crippen LogP contribution in [0.2, 0.25) is 0 Å². The topological polar surface area (TPSA) is 38.0 Å². The maximum Gasteiger partial charge on any atom is 0.126 e. The molecule has 3 nitrogen and oxygen atoms in total. The van der Waals surface area contributed by atoms with Crippen LogP contribution in [0.15, 0.2) is 30.5 Å². The van der Waals surface area contributed by atoms with Gasteiger partial charge in [-0.05, 0) is 24.5 Å². The number of fused-ring (bicyclic) bond motifs is 1. The van der Waals surface area contributed by atoms with E-state index in [4.69, 9.17) is 0 Å². The molecule has 0 saturated carbocycles. The molecule has 18 heavy (non-hydrogen) atoms. The smallest absolute Gasteiger partial charge is 0.126 e. The molecule has 0 aliphatic carbocycles. The minimum absolute atomic E-state index is 0.203. The summed E-state index contributed by atoms with van der Waals surface area (Å²) < 4.78 is 15.6. The van der Waals surface area contributed by atoms with Gasteiger partial charge in [0, 0.05) is 13.0 Å². The molecule has 0 amide bonds. The average Bonchev–Trinajstić information content (AvgIpc) is 2.77. The van der Waals surface area contributed by atoms with Crippen molar-refractivity contribution in [3.8, 4) is 0 Å². The number of hydrogen-bond donors (Lipinski definition) is 1. The van der Waals surface area contributed by atoms with Gasteiger partial charge in [-0.15, -0.1) is 0 Å². The maximum atomic E-state index is 13.6. The van der Waals surface area contributed by atoms with Crippen LogP contribution in [-0.4, -0.2) is 14.7 Å². The van der Waals surface area contributed by atoms with Gasteiger partial charge in [0.25, 0.3) is 0 Å². The van der Waals surface area contributed by atoms with E-state index in [1.54, 1.807) is 18.3 Å². The van der Waals surface area contributed by atoms with Crippen molar-refractivity contribution in [3.63, 3.8) is 0 Å². The first-order valence-corrected chi connectivity index (χ1v) is 6.21. The van der Waals surface area contributed by atoms with Crippen LogP contribution < -0.4 is 0 Å². The Morgan fingerprint density at radius 1 is 1.39 bits per heavy atom. The van der Waals surface area contributed by atoms with Crippen molar-refractivity contribution >= 4 is 0 Å². The molecule has 1 aliphatic heterocycles. The summed E-state index contributed by atoms with van der Waals surface area (Å²) in [5.41, 5.74) is 1.50. The standard InChI is InChI=1S/C14H15FN2O/c15-11-5-2-1-4-10(11)8-14-16-9-12-13(18)6-3-7-17(12)14/h1-2,4-5,9,13,18H,3,6-8H2. The first kappa shape index (κ1) is 11.4. The highest BCUT2D eigenvalue weighted by Crippen LogP contribution is 2.26. The zero-order valence-corrected chi connectivity index (χ0v) is 10.0. The Balaban J connectivity index is 1.92. The molecular formula is C14H15FN2O. The molecule has 0 spiro atoms. The number of hydrogen-bond acceptors (Lipinski definition) is 2. The van der Waals surface area contributed by atoms with Gasteiger partial charge in [-0.2, -0.15) is 0 Å². The third-order valence-corrected chi connectivity index (χ3v) is 3.48. The van der Waals surface area contributed by atoms with E-state index < -0.39 is 6.10 Å². The molecule has 0 radical (unpaired) electrons. The van der Waals surface area contributed by atoms with Crippen molar-refractivity contribution < 1.29 is 9.50 Å². The summed E-state index contributed by atoms with van der Waals surface area (Å²) in [6.07, 6.45) is 3.47. The van der Waals surface area contributed by atoms with Crippen molar-refractivity contribution in [3.05, 3.63) is 53.4 Å². The number of aliphatic hydroxyl groups excluding tert-OH is 1. The molecule has 2 heterocycles. The monoisotopic (exact) mass is 246 g/mol. The average molecular weight is 246 g/mol. The molecule has 4 heteroatoms. The first-order chi connectivity index (χ1) is 8.75. The highest BCUT2D eigenvalue weighted by Gasteiger charge is 2.21. The predicted molar refractivity (Wildman–Crippen MR) is 65.6 cm³/mol. The summed E-state index contributed by atoms with van der Waals surface area (Å²) in [5.74, 6) is 0.625. The molecule has 1 N–H and O–H groups in total.